The lowest BCUT2D eigenvalue weighted by Crippen LogP contribution is -2.35. The molecule has 0 radical (unpaired) electrons. The minimum atomic E-state index is -0.351. The molecule has 1 N–H and O–H groups in total. The number of carbonyl (C=O) groups is 2. The molecule has 2 amide bonds. The molecule has 0 atom stereocenters. The Morgan fingerprint density at radius 2 is 1.61 bits per heavy atom. The van der Waals surface area contributed by atoms with E-state index in [1.807, 2.05) is 55.5 Å². The van der Waals surface area contributed by atoms with Crippen LogP contribution in [0.3, 0.4) is 0 Å². The molecule has 164 valence electrons. The third-order valence-corrected chi connectivity index (χ3v) is 5.15. The highest BCUT2D eigenvalue weighted by molar-refractivity contribution is 6.36. The third-order valence-electron chi connectivity index (χ3n) is 5.15. The average molecular weight is 423 g/mol. The molecule has 6 heteroatoms. The van der Waals surface area contributed by atoms with Crippen molar-refractivity contribution >= 4 is 23.1 Å². The number of ether oxygens (including phenoxy) is 2. The van der Waals surface area contributed by atoms with E-state index in [2.05, 4.69) is 19.2 Å². The summed E-state index contributed by atoms with van der Waals surface area (Å²) in [5, 5.41) is 3.19. The van der Waals surface area contributed by atoms with Crippen LogP contribution in [0.4, 0.5) is 5.69 Å². The van der Waals surface area contributed by atoms with Crippen LogP contribution >= 0.6 is 0 Å². The van der Waals surface area contributed by atoms with Gasteiger partial charge in [0.25, 0.3) is 11.8 Å². The molecule has 0 saturated carbocycles. The molecule has 0 spiro atoms. The van der Waals surface area contributed by atoms with Crippen molar-refractivity contribution in [3.63, 3.8) is 0 Å². The predicted octanol–water partition coefficient (Wildman–Crippen LogP) is 4.44. The molecule has 6 nitrogen and oxygen atoms in total. The molecule has 31 heavy (non-hydrogen) atoms. The second-order valence-corrected chi connectivity index (χ2v) is 7.78. The molecule has 0 aromatic heterocycles. The highest BCUT2D eigenvalue weighted by Gasteiger charge is 2.38. The number of carbonyl (C=O) groups excluding carboxylic acids is 2. The van der Waals surface area contributed by atoms with Gasteiger partial charge in [-0.15, -0.1) is 0 Å². The molecule has 0 unspecified atom stereocenters. The van der Waals surface area contributed by atoms with Crippen molar-refractivity contribution in [3.8, 4) is 5.75 Å². The van der Waals surface area contributed by atoms with Gasteiger partial charge in [-0.05, 0) is 47.7 Å². The van der Waals surface area contributed by atoms with Crippen LogP contribution < -0.4 is 10.1 Å². The van der Waals surface area contributed by atoms with Gasteiger partial charge >= 0.3 is 0 Å². The zero-order valence-electron chi connectivity index (χ0n) is 18.6. The van der Waals surface area contributed by atoms with Crippen LogP contribution in [0.15, 0.2) is 54.2 Å². The van der Waals surface area contributed by atoms with E-state index in [4.69, 9.17) is 9.47 Å². The first-order valence-electron chi connectivity index (χ1n) is 10.7. The fraction of sp³-hybridized carbons (Fsp3) is 0.360. The zero-order chi connectivity index (χ0) is 22.4. The molecule has 2 aromatic rings. The van der Waals surface area contributed by atoms with E-state index in [0.717, 1.165) is 17.9 Å². The Morgan fingerprint density at radius 3 is 2.19 bits per heavy atom. The smallest absolute Gasteiger partial charge is 0.278 e. The van der Waals surface area contributed by atoms with Crippen molar-refractivity contribution < 1.29 is 19.1 Å². The van der Waals surface area contributed by atoms with E-state index >= 15 is 0 Å². The van der Waals surface area contributed by atoms with Crippen LogP contribution in [-0.4, -0.2) is 43.6 Å². The van der Waals surface area contributed by atoms with Gasteiger partial charge in [0.15, 0.2) is 0 Å². The van der Waals surface area contributed by atoms with Crippen LogP contribution in [0.1, 0.15) is 44.2 Å². The van der Waals surface area contributed by atoms with Crippen molar-refractivity contribution in [2.24, 2.45) is 0 Å². The van der Waals surface area contributed by atoms with Crippen molar-refractivity contribution in [1.82, 2.24) is 4.90 Å². The molecule has 0 saturated heterocycles. The van der Waals surface area contributed by atoms with Crippen LogP contribution in [-0.2, 0) is 14.3 Å². The van der Waals surface area contributed by atoms with Gasteiger partial charge in [-0.2, -0.15) is 0 Å². The van der Waals surface area contributed by atoms with E-state index in [1.165, 1.54) is 10.5 Å². The fourth-order valence-corrected chi connectivity index (χ4v) is 3.38. The topological polar surface area (TPSA) is 67.9 Å². The number of anilines is 1. The summed E-state index contributed by atoms with van der Waals surface area (Å²) in [5.74, 6) is 0.469. The second-order valence-electron chi connectivity index (χ2n) is 7.78. The maximum atomic E-state index is 13.1. The number of amides is 2. The Hall–Kier alpha value is -3.12. The molecule has 0 fully saturated rings. The third kappa shape index (κ3) is 5.14. The van der Waals surface area contributed by atoms with Gasteiger partial charge in [0.1, 0.15) is 11.4 Å². The minimum absolute atomic E-state index is 0.201. The molecule has 3 rings (SSSR count). The van der Waals surface area contributed by atoms with Crippen molar-refractivity contribution in [3.05, 3.63) is 65.4 Å². The van der Waals surface area contributed by atoms with Crippen LogP contribution in [0, 0.1) is 0 Å². The van der Waals surface area contributed by atoms with Gasteiger partial charge in [-0.3, -0.25) is 14.5 Å². The Bertz CT molecular complexity index is 946. The molecule has 0 bridgehead atoms. The normalized spacial score (nSPS) is 14.0. The highest BCUT2D eigenvalue weighted by Crippen LogP contribution is 2.31. The fourth-order valence-electron chi connectivity index (χ4n) is 3.38. The summed E-state index contributed by atoms with van der Waals surface area (Å²) >= 11 is 0. The van der Waals surface area contributed by atoms with E-state index in [9.17, 15) is 9.59 Å². The lowest BCUT2D eigenvalue weighted by atomic mass is 10.0. The first-order chi connectivity index (χ1) is 15.0. The number of nitrogens with one attached hydrogen (secondary N) is 1. The Kier molecular flexibility index (Phi) is 7.47. The monoisotopic (exact) mass is 422 g/mol. The maximum Gasteiger partial charge on any atom is 0.278 e. The zero-order valence-corrected chi connectivity index (χ0v) is 18.6. The Labute approximate surface area is 183 Å². The summed E-state index contributed by atoms with van der Waals surface area (Å²) in [5.41, 5.74) is 3.27. The Balaban J connectivity index is 1.94. The van der Waals surface area contributed by atoms with E-state index in [0.29, 0.717) is 23.7 Å². The van der Waals surface area contributed by atoms with E-state index < -0.39 is 0 Å². The van der Waals surface area contributed by atoms with Crippen LogP contribution in [0.5, 0.6) is 5.75 Å². The standard InChI is InChI=1S/C25H30N2O4/c1-5-15-31-21-12-8-19(9-13-21)22-23(25(29)27(24(22)28)14-16-30-4)26-20-10-6-18(7-11-20)17(2)3/h6-13,17,26H,5,14-16H2,1-4H3. The largest absolute Gasteiger partial charge is 0.494 e. The summed E-state index contributed by atoms with van der Waals surface area (Å²) in [7, 11) is 1.55. The van der Waals surface area contributed by atoms with Gasteiger partial charge in [0.05, 0.1) is 25.3 Å². The molecule has 1 aliphatic heterocycles. The summed E-state index contributed by atoms with van der Waals surface area (Å²) < 4.78 is 10.7. The average Bonchev–Trinajstić information content (AvgIpc) is 3.00. The van der Waals surface area contributed by atoms with Gasteiger partial charge < -0.3 is 14.8 Å². The molecule has 0 aliphatic carbocycles. The molecule has 1 heterocycles. The minimum Gasteiger partial charge on any atom is -0.494 e. The molecular weight excluding hydrogens is 392 g/mol. The van der Waals surface area contributed by atoms with Crippen molar-refractivity contribution in [2.45, 2.75) is 33.1 Å². The number of hydrogen-bond acceptors (Lipinski definition) is 5. The first-order valence-corrected chi connectivity index (χ1v) is 10.7. The number of benzene rings is 2. The highest BCUT2D eigenvalue weighted by atomic mass is 16.5. The van der Waals surface area contributed by atoms with Crippen molar-refractivity contribution in [2.75, 3.05) is 32.2 Å². The molecule has 2 aromatic carbocycles. The maximum absolute atomic E-state index is 13.1. The molecule has 1 aliphatic rings. The molecular formula is C25H30N2O4. The lowest BCUT2D eigenvalue weighted by Gasteiger charge is -2.14. The Morgan fingerprint density at radius 1 is 0.935 bits per heavy atom. The second kappa shape index (κ2) is 10.3. The lowest BCUT2D eigenvalue weighted by molar-refractivity contribution is -0.137. The summed E-state index contributed by atoms with van der Waals surface area (Å²) in [6, 6.07) is 15.2. The predicted molar refractivity (Wildman–Crippen MR) is 122 cm³/mol. The SMILES string of the molecule is CCCOc1ccc(C2=C(Nc3ccc(C(C)C)cc3)C(=O)N(CCOC)C2=O)cc1. The first kappa shape index (κ1) is 22.6. The summed E-state index contributed by atoms with van der Waals surface area (Å²) in [4.78, 5) is 27.5. The van der Waals surface area contributed by atoms with Gasteiger partial charge in [-0.1, -0.05) is 45.0 Å². The van der Waals surface area contributed by atoms with Crippen LogP contribution in [0.2, 0.25) is 0 Å². The quantitative estimate of drug-likeness (QED) is 0.574. The van der Waals surface area contributed by atoms with E-state index in [1.54, 1.807) is 7.11 Å². The summed E-state index contributed by atoms with van der Waals surface area (Å²) in [6.45, 7) is 7.41. The number of hydrogen-bond donors (Lipinski definition) is 1. The van der Waals surface area contributed by atoms with Gasteiger partial charge in [0.2, 0.25) is 0 Å². The number of methoxy groups -OCH3 is 1. The summed E-state index contributed by atoms with van der Waals surface area (Å²) in [6.07, 6.45) is 0.915. The number of rotatable bonds is 10. The van der Waals surface area contributed by atoms with Crippen LogP contribution in [0.25, 0.3) is 5.57 Å². The van der Waals surface area contributed by atoms with E-state index in [-0.39, 0.29) is 30.7 Å². The van der Waals surface area contributed by atoms with Gasteiger partial charge in [-0.25, -0.2) is 0 Å². The van der Waals surface area contributed by atoms with Gasteiger partial charge in [0, 0.05) is 12.8 Å². The number of nitrogens with zero attached hydrogens (tertiary/aromatic N) is 1. The number of imide groups is 1. The van der Waals surface area contributed by atoms with Crippen molar-refractivity contribution in [1.29, 1.82) is 0 Å².